The molecule has 196 valence electrons. The maximum absolute atomic E-state index is 13.9. The van der Waals surface area contributed by atoms with E-state index in [1.165, 1.54) is 77.0 Å². The summed E-state index contributed by atoms with van der Waals surface area (Å²) in [5, 5.41) is 0. The number of methoxy groups -OCH3 is 4. The minimum atomic E-state index is -4.68. The van der Waals surface area contributed by atoms with E-state index in [0.29, 0.717) is 13.5 Å². The summed E-state index contributed by atoms with van der Waals surface area (Å²) in [6.07, 6.45) is 0. The molecule has 0 bridgehead atoms. The summed E-state index contributed by atoms with van der Waals surface area (Å²) >= 11 is 0. The van der Waals surface area contributed by atoms with Gasteiger partial charge in [0.25, 0.3) is 20.0 Å². The fraction of sp³-hybridized carbons (Fsp3) is 0.208. The Kier molecular flexibility index (Phi) is 6.69. The van der Waals surface area contributed by atoms with Gasteiger partial charge in [0.1, 0.15) is 32.8 Å². The van der Waals surface area contributed by atoms with Crippen molar-refractivity contribution in [1.82, 2.24) is 7.94 Å². The molecule has 3 aromatic carbocycles. The molecule has 37 heavy (non-hydrogen) atoms. The Balaban J connectivity index is 2.13. The number of ether oxygens (including phenoxy) is 4. The molecule has 0 radical (unpaired) electrons. The van der Waals surface area contributed by atoms with Crippen LogP contribution in [0.4, 0.5) is 0 Å². The Bertz CT molecular complexity index is 1790. The number of fused-ring (bicyclic) bond motifs is 1. The summed E-state index contributed by atoms with van der Waals surface area (Å²) in [7, 11) is -4.10. The van der Waals surface area contributed by atoms with E-state index < -0.39 is 25.7 Å². The molecule has 0 aliphatic rings. The van der Waals surface area contributed by atoms with Crippen LogP contribution in [0.2, 0.25) is 0 Å². The maximum Gasteiger partial charge on any atom is 0.357 e. The molecule has 0 N–H and O–H groups in total. The number of benzene rings is 3. The van der Waals surface area contributed by atoms with E-state index in [1.807, 2.05) is 0 Å². The van der Waals surface area contributed by atoms with Crippen LogP contribution < -0.4 is 24.6 Å². The predicted octanol–water partition coefficient (Wildman–Crippen LogP) is 2.62. The molecule has 4 rings (SSSR count). The number of rotatable bonds is 8. The third kappa shape index (κ3) is 4.19. The third-order valence-electron chi connectivity index (χ3n) is 5.69. The molecular weight excluding hydrogens is 524 g/mol. The highest BCUT2D eigenvalue weighted by molar-refractivity contribution is 7.91. The SMILES string of the molecule is COc1ccc(OC)c(S(=O)(=O)n2c(=O)n(S(=O)(=O)c3cc(OC)ccc3OC)c3cc(C)ccc32)c1. The molecule has 0 aliphatic carbocycles. The molecule has 0 amide bonds. The van der Waals surface area contributed by atoms with Gasteiger partial charge in [-0.2, -0.15) is 7.94 Å². The molecule has 0 saturated heterocycles. The van der Waals surface area contributed by atoms with Crippen LogP contribution in [-0.2, 0) is 20.0 Å². The van der Waals surface area contributed by atoms with Crippen LogP contribution in [0.3, 0.4) is 0 Å². The fourth-order valence-corrected chi connectivity index (χ4v) is 7.07. The Morgan fingerprint density at radius 2 is 1.05 bits per heavy atom. The van der Waals surface area contributed by atoms with Gasteiger partial charge in [-0.15, -0.1) is 0 Å². The van der Waals surface area contributed by atoms with Crippen molar-refractivity contribution in [3.63, 3.8) is 0 Å². The van der Waals surface area contributed by atoms with Gasteiger partial charge in [-0.05, 0) is 48.9 Å². The van der Waals surface area contributed by atoms with Crippen LogP contribution in [0.1, 0.15) is 5.56 Å². The Morgan fingerprint density at radius 1 is 0.595 bits per heavy atom. The van der Waals surface area contributed by atoms with E-state index in [1.54, 1.807) is 13.0 Å². The lowest BCUT2D eigenvalue weighted by Gasteiger charge is -2.12. The molecule has 4 aromatic rings. The number of hydrogen-bond acceptors (Lipinski definition) is 9. The van der Waals surface area contributed by atoms with E-state index in [0.717, 1.165) is 0 Å². The van der Waals surface area contributed by atoms with Gasteiger partial charge in [-0.3, -0.25) is 0 Å². The molecule has 13 heteroatoms. The van der Waals surface area contributed by atoms with Crippen LogP contribution in [0.15, 0.2) is 69.2 Å². The van der Waals surface area contributed by atoms with E-state index in [4.69, 9.17) is 18.9 Å². The van der Waals surface area contributed by atoms with Gasteiger partial charge in [0, 0.05) is 12.1 Å². The summed E-state index contributed by atoms with van der Waals surface area (Å²) in [6.45, 7) is 1.68. The first-order chi connectivity index (χ1) is 17.5. The van der Waals surface area contributed by atoms with E-state index in [2.05, 4.69) is 0 Å². The van der Waals surface area contributed by atoms with Gasteiger partial charge in [-0.25, -0.2) is 21.6 Å². The van der Waals surface area contributed by atoms with Crippen molar-refractivity contribution < 1.29 is 35.8 Å². The average Bonchev–Trinajstić information content (AvgIpc) is 3.19. The molecule has 0 aliphatic heterocycles. The zero-order valence-corrected chi connectivity index (χ0v) is 22.2. The summed E-state index contributed by atoms with van der Waals surface area (Å²) in [4.78, 5) is 13.0. The summed E-state index contributed by atoms with van der Waals surface area (Å²) in [5.41, 5.74) is -1.01. The summed E-state index contributed by atoms with van der Waals surface area (Å²) < 4.78 is 77.2. The molecule has 0 unspecified atom stereocenters. The van der Waals surface area contributed by atoms with Crippen molar-refractivity contribution in [3.8, 4) is 23.0 Å². The number of nitrogens with zero attached hydrogens (tertiary/aromatic N) is 2. The van der Waals surface area contributed by atoms with Gasteiger partial charge in [0.15, 0.2) is 0 Å². The van der Waals surface area contributed by atoms with Gasteiger partial charge < -0.3 is 18.9 Å². The molecule has 0 saturated carbocycles. The van der Waals surface area contributed by atoms with Crippen molar-refractivity contribution in [3.05, 3.63) is 70.6 Å². The van der Waals surface area contributed by atoms with E-state index in [-0.39, 0.29) is 43.8 Å². The number of aromatic nitrogens is 2. The topological polar surface area (TPSA) is 132 Å². The molecular formula is C24H24N2O9S2. The molecule has 1 heterocycles. The van der Waals surface area contributed by atoms with Crippen molar-refractivity contribution in [1.29, 1.82) is 0 Å². The zero-order valence-electron chi connectivity index (χ0n) is 20.6. The number of imidazole rings is 1. The number of aryl methyl sites for hydroxylation is 1. The second-order valence-electron chi connectivity index (χ2n) is 7.85. The summed E-state index contributed by atoms with van der Waals surface area (Å²) in [5.74, 6) is 0.276. The minimum absolute atomic E-state index is 0.0569. The van der Waals surface area contributed by atoms with Gasteiger partial charge in [0.2, 0.25) is 0 Å². The van der Waals surface area contributed by atoms with Crippen molar-refractivity contribution in [2.24, 2.45) is 0 Å². The van der Waals surface area contributed by atoms with Crippen molar-refractivity contribution >= 4 is 31.1 Å². The maximum atomic E-state index is 13.9. The molecule has 11 nitrogen and oxygen atoms in total. The first kappa shape index (κ1) is 26.1. The largest absolute Gasteiger partial charge is 0.497 e. The standard InChI is InChI=1S/C24H24N2O9S2/c1-15-6-9-18-19(12-15)26(37(30,31)23-14-17(33-3)8-11-21(23)35-5)24(27)25(18)36(28,29)22-13-16(32-2)7-10-20(22)34-4/h6-14H,1-5H3. The van der Waals surface area contributed by atoms with Gasteiger partial charge in [-0.1, -0.05) is 6.07 Å². The quantitative estimate of drug-likeness (QED) is 0.326. The molecule has 0 fully saturated rings. The van der Waals surface area contributed by atoms with Crippen molar-refractivity contribution in [2.75, 3.05) is 28.4 Å². The zero-order chi connectivity index (χ0) is 27.1. The van der Waals surface area contributed by atoms with Crippen LogP contribution in [0.5, 0.6) is 23.0 Å². The predicted molar refractivity (Wildman–Crippen MR) is 135 cm³/mol. The van der Waals surface area contributed by atoms with Crippen molar-refractivity contribution in [2.45, 2.75) is 16.7 Å². The third-order valence-corrected chi connectivity index (χ3v) is 9.11. The normalized spacial score (nSPS) is 11.9. The highest BCUT2D eigenvalue weighted by Gasteiger charge is 2.34. The lowest BCUT2D eigenvalue weighted by atomic mass is 10.2. The first-order valence-corrected chi connectivity index (χ1v) is 13.6. The second kappa shape index (κ2) is 9.48. The molecule has 0 spiro atoms. The van der Waals surface area contributed by atoms with Crippen LogP contribution in [0, 0.1) is 6.92 Å². The monoisotopic (exact) mass is 548 g/mol. The second-order valence-corrected chi connectivity index (χ2v) is 11.4. The molecule has 1 aromatic heterocycles. The first-order valence-electron chi connectivity index (χ1n) is 10.7. The molecule has 0 atom stereocenters. The van der Waals surface area contributed by atoms with E-state index >= 15 is 0 Å². The minimum Gasteiger partial charge on any atom is -0.497 e. The highest BCUT2D eigenvalue weighted by atomic mass is 32.2. The lowest BCUT2D eigenvalue weighted by Crippen LogP contribution is -2.33. The smallest absolute Gasteiger partial charge is 0.357 e. The van der Waals surface area contributed by atoms with E-state index in [9.17, 15) is 21.6 Å². The van der Waals surface area contributed by atoms with Gasteiger partial charge in [0.05, 0.1) is 39.5 Å². The van der Waals surface area contributed by atoms with Gasteiger partial charge >= 0.3 is 5.69 Å². The fourth-order valence-electron chi connectivity index (χ4n) is 3.89. The Labute approximate surface area is 213 Å². The van der Waals surface area contributed by atoms with Crippen LogP contribution >= 0.6 is 0 Å². The van der Waals surface area contributed by atoms with Crippen LogP contribution in [0.25, 0.3) is 11.0 Å². The van der Waals surface area contributed by atoms with Crippen LogP contribution in [-0.4, -0.2) is 53.2 Å². The average molecular weight is 549 g/mol. The number of hydrogen-bond donors (Lipinski definition) is 0. The lowest BCUT2D eigenvalue weighted by molar-refractivity contribution is 0.392. The Hall–Kier alpha value is -3.97. The Morgan fingerprint density at radius 3 is 1.49 bits per heavy atom. The highest BCUT2D eigenvalue weighted by Crippen LogP contribution is 2.34. The summed E-state index contributed by atoms with van der Waals surface area (Å²) in [6, 6.07) is 12.5.